The van der Waals surface area contributed by atoms with Crippen LogP contribution in [0.2, 0.25) is 0 Å². The molecule has 78 valence electrons. The second-order valence-corrected chi connectivity index (χ2v) is 3.60. The Morgan fingerprint density at radius 2 is 2.47 bits per heavy atom. The summed E-state index contributed by atoms with van der Waals surface area (Å²) in [5.41, 5.74) is -0.150. The van der Waals surface area contributed by atoms with E-state index >= 15 is 0 Å². The Kier molecular flexibility index (Phi) is 2.68. The molecule has 0 amide bonds. The number of rotatable bonds is 4. The highest BCUT2D eigenvalue weighted by Gasteiger charge is 2.29. The van der Waals surface area contributed by atoms with Crippen LogP contribution in [-0.2, 0) is 0 Å². The van der Waals surface area contributed by atoms with E-state index in [1.165, 1.54) is 12.4 Å². The number of nitriles is 1. The van der Waals surface area contributed by atoms with Crippen molar-refractivity contribution >= 4 is 5.82 Å². The summed E-state index contributed by atoms with van der Waals surface area (Å²) < 4.78 is 0. The molecule has 15 heavy (non-hydrogen) atoms. The summed E-state index contributed by atoms with van der Waals surface area (Å²) in [4.78, 5) is 19.8. The van der Waals surface area contributed by atoms with Gasteiger partial charge in [0.2, 0.25) is 0 Å². The number of hydrogen-bond donors (Lipinski definition) is 1. The van der Waals surface area contributed by atoms with Gasteiger partial charge < -0.3 is 9.88 Å². The van der Waals surface area contributed by atoms with E-state index in [1.807, 2.05) is 4.90 Å². The molecule has 0 radical (unpaired) electrons. The van der Waals surface area contributed by atoms with Crippen LogP contribution in [0.15, 0.2) is 17.2 Å². The van der Waals surface area contributed by atoms with E-state index < -0.39 is 0 Å². The second-order valence-electron chi connectivity index (χ2n) is 3.60. The first-order valence-corrected chi connectivity index (χ1v) is 4.99. The van der Waals surface area contributed by atoms with Crippen LogP contribution in [0.3, 0.4) is 0 Å². The van der Waals surface area contributed by atoms with Gasteiger partial charge in [0.05, 0.1) is 18.8 Å². The molecule has 1 N–H and O–H groups in total. The molecule has 1 aromatic heterocycles. The van der Waals surface area contributed by atoms with E-state index in [0.29, 0.717) is 24.8 Å². The molecule has 1 aromatic rings. The van der Waals surface area contributed by atoms with Crippen LogP contribution in [0.1, 0.15) is 19.3 Å². The summed E-state index contributed by atoms with van der Waals surface area (Å²) in [5, 5.41) is 8.55. The maximum atomic E-state index is 11.1. The molecule has 1 aliphatic carbocycles. The lowest BCUT2D eigenvalue weighted by atomic mass is 10.3. The molecule has 0 bridgehead atoms. The number of aromatic amines is 1. The molecule has 0 saturated heterocycles. The van der Waals surface area contributed by atoms with Gasteiger partial charge in [-0.1, -0.05) is 0 Å². The van der Waals surface area contributed by atoms with Gasteiger partial charge in [0.25, 0.3) is 5.56 Å². The van der Waals surface area contributed by atoms with Gasteiger partial charge in [0.15, 0.2) is 0 Å². The Hall–Kier alpha value is -1.83. The van der Waals surface area contributed by atoms with Gasteiger partial charge in [-0.05, 0) is 12.8 Å². The first-order valence-electron chi connectivity index (χ1n) is 4.99. The van der Waals surface area contributed by atoms with Gasteiger partial charge in [-0.25, -0.2) is 4.98 Å². The van der Waals surface area contributed by atoms with Crippen LogP contribution in [-0.4, -0.2) is 22.6 Å². The normalized spacial score (nSPS) is 14.6. The Labute approximate surface area is 87.4 Å². The number of H-pyrrole nitrogens is 1. The van der Waals surface area contributed by atoms with E-state index in [-0.39, 0.29) is 5.56 Å². The van der Waals surface area contributed by atoms with Crippen LogP contribution in [0.4, 0.5) is 5.82 Å². The molecule has 0 aromatic carbocycles. The zero-order chi connectivity index (χ0) is 10.7. The average Bonchev–Trinajstić information content (AvgIpc) is 3.03. The molecule has 1 saturated carbocycles. The van der Waals surface area contributed by atoms with Gasteiger partial charge in [-0.15, -0.1) is 0 Å². The molecule has 5 heteroatoms. The Morgan fingerprint density at radius 1 is 1.67 bits per heavy atom. The van der Waals surface area contributed by atoms with E-state index in [1.54, 1.807) is 0 Å². The van der Waals surface area contributed by atoms with Crippen molar-refractivity contribution in [2.45, 2.75) is 25.3 Å². The summed E-state index contributed by atoms with van der Waals surface area (Å²) in [6.45, 7) is 0.650. The third-order valence-corrected chi connectivity index (χ3v) is 2.41. The molecule has 1 heterocycles. The molecular weight excluding hydrogens is 192 g/mol. The first kappa shape index (κ1) is 9.71. The van der Waals surface area contributed by atoms with Gasteiger partial charge in [0, 0.05) is 18.7 Å². The SMILES string of the molecule is N#CCCN(c1cc(=O)[nH]cn1)C1CC1. The Morgan fingerprint density at radius 3 is 3.07 bits per heavy atom. The highest BCUT2D eigenvalue weighted by atomic mass is 16.1. The van der Waals surface area contributed by atoms with Gasteiger partial charge in [-0.3, -0.25) is 4.79 Å². The maximum Gasteiger partial charge on any atom is 0.252 e. The minimum atomic E-state index is -0.150. The molecule has 1 aliphatic rings. The average molecular weight is 204 g/mol. The van der Waals surface area contributed by atoms with Crippen molar-refractivity contribution in [2.24, 2.45) is 0 Å². The smallest absolute Gasteiger partial charge is 0.252 e. The quantitative estimate of drug-likeness (QED) is 0.781. The Bertz CT molecular complexity index is 430. The minimum Gasteiger partial charge on any atom is -0.352 e. The molecule has 1 fully saturated rings. The number of hydrogen-bond acceptors (Lipinski definition) is 4. The maximum absolute atomic E-state index is 11.1. The second kappa shape index (κ2) is 4.13. The molecule has 0 spiro atoms. The van der Waals surface area contributed by atoms with Crippen LogP contribution in [0, 0.1) is 11.3 Å². The predicted molar refractivity (Wildman–Crippen MR) is 55.5 cm³/mol. The fourth-order valence-corrected chi connectivity index (χ4v) is 1.56. The number of anilines is 1. The van der Waals surface area contributed by atoms with Crippen molar-refractivity contribution in [3.8, 4) is 6.07 Å². The standard InChI is InChI=1S/C10H12N4O/c11-4-1-5-14(8-2-3-8)9-6-10(15)13-7-12-9/h6-8H,1-3,5H2,(H,12,13,15). The molecule has 0 aliphatic heterocycles. The monoisotopic (exact) mass is 204 g/mol. The molecule has 0 atom stereocenters. The fourth-order valence-electron chi connectivity index (χ4n) is 1.56. The van der Waals surface area contributed by atoms with Gasteiger partial charge in [0.1, 0.15) is 5.82 Å². The number of nitrogens with one attached hydrogen (secondary N) is 1. The summed E-state index contributed by atoms with van der Waals surface area (Å²) in [7, 11) is 0. The zero-order valence-electron chi connectivity index (χ0n) is 8.31. The first-order chi connectivity index (χ1) is 7.31. The van der Waals surface area contributed by atoms with E-state index in [9.17, 15) is 4.79 Å². The molecule has 0 unspecified atom stereocenters. The minimum absolute atomic E-state index is 0.150. The van der Waals surface area contributed by atoms with E-state index in [0.717, 1.165) is 12.8 Å². The number of aromatic nitrogens is 2. The van der Waals surface area contributed by atoms with Crippen LogP contribution < -0.4 is 10.5 Å². The van der Waals surface area contributed by atoms with E-state index in [2.05, 4.69) is 16.0 Å². The summed E-state index contributed by atoms with van der Waals surface area (Å²) in [5.74, 6) is 0.677. The topological polar surface area (TPSA) is 72.8 Å². The third kappa shape index (κ3) is 2.34. The van der Waals surface area contributed by atoms with Crippen LogP contribution >= 0.6 is 0 Å². The van der Waals surface area contributed by atoms with Gasteiger partial charge >= 0.3 is 0 Å². The zero-order valence-corrected chi connectivity index (χ0v) is 8.31. The van der Waals surface area contributed by atoms with Crippen molar-refractivity contribution < 1.29 is 0 Å². The van der Waals surface area contributed by atoms with Crippen molar-refractivity contribution in [1.82, 2.24) is 9.97 Å². The highest BCUT2D eigenvalue weighted by molar-refractivity contribution is 5.39. The predicted octanol–water partition coefficient (Wildman–Crippen LogP) is 0.652. The number of nitrogens with zero attached hydrogens (tertiary/aromatic N) is 3. The summed E-state index contributed by atoms with van der Waals surface area (Å²) in [6, 6.07) is 4.06. The molecular formula is C10H12N4O. The lowest BCUT2D eigenvalue weighted by molar-refractivity contribution is 0.774. The van der Waals surface area contributed by atoms with Gasteiger partial charge in [-0.2, -0.15) is 5.26 Å². The van der Waals surface area contributed by atoms with Crippen molar-refractivity contribution in [3.05, 3.63) is 22.7 Å². The summed E-state index contributed by atoms with van der Waals surface area (Å²) in [6.07, 6.45) is 4.12. The fraction of sp³-hybridized carbons (Fsp3) is 0.500. The van der Waals surface area contributed by atoms with Crippen LogP contribution in [0.25, 0.3) is 0 Å². The van der Waals surface area contributed by atoms with E-state index in [4.69, 9.17) is 5.26 Å². The van der Waals surface area contributed by atoms with Crippen LogP contribution in [0.5, 0.6) is 0 Å². The highest BCUT2D eigenvalue weighted by Crippen LogP contribution is 2.29. The lowest BCUT2D eigenvalue weighted by Crippen LogP contribution is -2.28. The summed E-state index contributed by atoms with van der Waals surface area (Å²) >= 11 is 0. The molecule has 2 rings (SSSR count). The van der Waals surface area contributed by atoms with Crippen molar-refractivity contribution in [1.29, 1.82) is 5.26 Å². The third-order valence-electron chi connectivity index (χ3n) is 2.41. The lowest BCUT2D eigenvalue weighted by Gasteiger charge is -2.21. The largest absolute Gasteiger partial charge is 0.352 e. The van der Waals surface area contributed by atoms with Crippen molar-refractivity contribution in [2.75, 3.05) is 11.4 Å². The Balaban J connectivity index is 2.17. The van der Waals surface area contributed by atoms with Crippen molar-refractivity contribution in [3.63, 3.8) is 0 Å². The molecule has 5 nitrogen and oxygen atoms in total.